The highest BCUT2D eigenvalue weighted by atomic mass is 16.2. The predicted molar refractivity (Wildman–Crippen MR) is 44.9 cm³/mol. The minimum absolute atomic E-state index is 0.197. The molecule has 0 aromatic heterocycles. The third kappa shape index (κ3) is 3.02. The van der Waals surface area contributed by atoms with Crippen LogP contribution in [0.1, 0.15) is 33.6 Å². The Hall–Kier alpha value is -0.300. The summed E-state index contributed by atoms with van der Waals surface area (Å²) in [6.45, 7) is 10.5. The van der Waals surface area contributed by atoms with Gasteiger partial charge in [-0.25, -0.2) is 0 Å². The first-order valence-electron chi connectivity index (χ1n) is 3.77. The molecule has 0 unspecified atom stereocenters. The maximum atomic E-state index is 8.58. The van der Waals surface area contributed by atoms with E-state index in [1.165, 1.54) is 5.57 Å². The van der Waals surface area contributed by atoms with Crippen molar-refractivity contribution >= 4 is 0 Å². The van der Waals surface area contributed by atoms with Crippen molar-refractivity contribution in [3.05, 3.63) is 12.2 Å². The Bertz CT molecular complexity index is 114. The fourth-order valence-electron chi connectivity index (χ4n) is 0.734. The van der Waals surface area contributed by atoms with Gasteiger partial charge in [0.1, 0.15) is 0 Å². The van der Waals surface area contributed by atoms with E-state index in [4.69, 9.17) is 5.11 Å². The second kappa shape index (κ2) is 3.77. The van der Waals surface area contributed by atoms with E-state index in [9.17, 15) is 0 Å². The molecule has 60 valence electrons. The van der Waals surface area contributed by atoms with Crippen LogP contribution in [0.3, 0.4) is 0 Å². The number of allylic oxidation sites excluding steroid dienone is 1. The first kappa shape index (κ1) is 9.70. The molecule has 0 fully saturated rings. The Kier molecular flexibility index (Phi) is 3.66. The molecule has 0 aliphatic carbocycles. The molecule has 1 nitrogen and oxygen atoms in total. The van der Waals surface area contributed by atoms with E-state index in [0.29, 0.717) is 0 Å². The van der Waals surface area contributed by atoms with Crippen LogP contribution in [0.5, 0.6) is 0 Å². The lowest BCUT2D eigenvalue weighted by Crippen LogP contribution is -2.12. The highest BCUT2D eigenvalue weighted by Crippen LogP contribution is 2.29. The van der Waals surface area contributed by atoms with Crippen LogP contribution in [-0.4, -0.2) is 11.7 Å². The first-order chi connectivity index (χ1) is 4.50. The van der Waals surface area contributed by atoms with E-state index in [1.54, 1.807) is 0 Å². The normalized spacial score (nSPS) is 11.6. The molecule has 0 radical (unpaired) electrons. The molecule has 0 aliphatic rings. The standard InChI is InChI=1S/C9H18O/c1-8(2)9(3,4)6-5-7-10/h10H,1,5-7H2,2-4H3. The van der Waals surface area contributed by atoms with Gasteiger partial charge in [-0.3, -0.25) is 0 Å². The fraction of sp³-hybridized carbons (Fsp3) is 0.778. The average molecular weight is 142 g/mol. The van der Waals surface area contributed by atoms with Crippen molar-refractivity contribution in [3.8, 4) is 0 Å². The van der Waals surface area contributed by atoms with Crippen LogP contribution in [0.15, 0.2) is 12.2 Å². The molecule has 0 atom stereocenters. The number of hydrogen-bond acceptors (Lipinski definition) is 1. The SMILES string of the molecule is C=C(C)C(C)(C)CCCO. The second-order valence-electron chi connectivity index (χ2n) is 3.49. The Labute approximate surface area is 63.8 Å². The zero-order valence-corrected chi connectivity index (χ0v) is 7.28. The summed E-state index contributed by atoms with van der Waals surface area (Å²) in [5.41, 5.74) is 1.39. The molecule has 0 rings (SSSR count). The monoisotopic (exact) mass is 142 g/mol. The van der Waals surface area contributed by atoms with Gasteiger partial charge in [0.15, 0.2) is 0 Å². The van der Waals surface area contributed by atoms with Crippen molar-refractivity contribution in [3.63, 3.8) is 0 Å². The van der Waals surface area contributed by atoms with Gasteiger partial charge < -0.3 is 5.11 Å². The lowest BCUT2D eigenvalue weighted by atomic mass is 9.82. The third-order valence-corrected chi connectivity index (χ3v) is 2.12. The van der Waals surface area contributed by atoms with Crippen LogP contribution in [0.2, 0.25) is 0 Å². The molecule has 0 heterocycles. The zero-order chi connectivity index (χ0) is 8.20. The van der Waals surface area contributed by atoms with E-state index in [2.05, 4.69) is 20.4 Å². The molecular weight excluding hydrogens is 124 g/mol. The van der Waals surface area contributed by atoms with Gasteiger partial charge in [-0.2, -0.15) is 0 Å². The van der Waals surface area contributed by atoms with Gasteiger partial charge in [-0.1, -0.05) is 26.0 Å². The molecule has 0 saturated heterocycles. The topological polar surface area (TPSA) is 20.2 Å². The van der Waals surface area contributed by atoms with Crippen LogP contribution in [0, 0.1) is 5.41 Å². The van der Waals surface area contributed by atoms with Gasteiger partial charge >= 0.3 is 0 Å². The second-order valence-corrected chi connectivity index (χ2v) is 3.49. The Morgan fingerprint density at radius 3 is 2.30 bits per heavy atom. The lowest BCUT2D eigenvalue weighted by Gasteiger charge is -2.24. The van der Waals surface area contributed by atoms with Crippen LogP contribution in [0.4, 0.5) is 0 Å². The number of rotatable bonds is 4. The van der Waals surface area contributed by atoms with Crippen molar-refractivity contribution in [1.82, 2.24) is 0 Å². The number of aliphatic hydroxyl groups is 1. The van der Waals surface area contributed by atoms with Gasteiger partial charge in [0.2, 0.25) is 0 Å². The minimum atomic E-state index is 0.197. The maximum Gasteiger partial charge on any atom is 0.0431 e. The van der Waals surface area contributed by atoms with E-state index in [1.807, 2.05) is 6.92 Å². The van der Waals surface area contributed by atoms with E-state index >= 15 is 0 Å². The van der Waals surface area contributed by atoms with E-state index in [0.717, 1.165) is 12.8 Å². The molecule has 1 N–H and O–H groups in total. The van der Waals surface area contributed by atoms with Crippen molar-refractivity contribution in [1.29, 1.82) is 0 Å². The Morgan fingerprint density at radius 1 is 1.50 bits per heavy atom. The van der Waals surface area contributed by atoms with Crippen molar-refractivity contribution in [2.24, 2.45) is 5.41 Å². The van der Waals surface area contributed by atoms with E-state index in [-0.39, 0.29) is 12.0 Å². The third-order valence-electron chi connectivity index (χ3n) is 2.12. The van der Waals surface area contributed by atoms with Gasteiger partial charge in [0.05, 0.1) is 0 Å². The minimum Gasteiger partial charge on any atom is -0.396 e. The summed E-state index contributed by atoms with van der Waals surface area (Å²) >= 11 is 0. The average Bonchev–Trinajstić information content (AvgIpc) is 1.84. The molecule has 10 heavy (non-hydrogen) atoms. The quantitative estimate of drug-likeness (QED) is 0.597. The van der Waals surface area contributed by atoms with Crippen LogP contribution in [-0.2, 0) is 0 Å². The van der Waals surface area contributed by atoms with E-state index < -0.39 is 0 Å². The summed E-state index contributed by atoms with van der Waals surface area (Å²) < 4.78 is 0. The summed E-state index contributed by atoms with van der Waals surface area (Å²) in [5.74, 6) is 0. The zero-order valence-electron chi connectivity index (χ0n) is 7.28. The summed E-state index contributed by atoms with van der Waals surface area (Å²) in [7, 11) is 0. The molecule has 0 saturated carbocycles. The van der Waals surface area contributed by atoms with Gasteiger partial charge in [-0.05, 0) is 25.2 Å². The molecule has 0 aliphatic heterocycles. The highest BCUT2D eigenvalue weighted by molar-refractivity contribution is 5.02. The number of hydrogen-bond donors (Lipinski definition) is 1. The summed E-state index contributed by atoms with van der Waals surface area (Å²) in [4.78, 5) is 0. The summed E-state index contributed by atoms with van der Waals surface area (Å²) in [5, 5.41) is 8.58. The molecule has 1 heteroatoms. The Balaban J connectivity index is 3.75. The molecule has 0 bridgehead atoms. The summed E-state index contributed by atoms with van der Waals surface area (Å²) in [6, 6.07) is 0. The highest BCUT2D eigenvalue weighted by Gasteiger charge is 2.16. The fourth-order valence-corrected chi connectivity index (χ4v) is 0.734. The Morgan fingerprint density at radius 2 is 2.00 bits per heavy atom. The molecular formula is C9H18O. The van der Waals surface area contributed by atoms with Crippen LogP contribution in [0.25, 0.3) is 0 Å². The first-order valence-corrected chi connectivity index (χ1v) is 3.77. The molecule has 0 amide bonds. The van der Waals surface area contributed by atoms with Gasteiger partial charge in [0.25, 0.3) is 0 Å². The molecule has 0 spiro atoms. The summed E-state index contributed by atoms with van der Waals surface area (Å²) in [6.07, 6.45) is 1.90. The van der Waals surface area contributed by atoms with Crippen LogP contribution < -0.4 is 0 Å². The van der Waals surface area contributed by atoms with Gasteiger partial charge in [-0.15, -0.1) is 0 Å². The molecule has 0 aromatic rings. The lowest BCUT2D eigenvalue weighted by molar-refractivity contribution is 0.258. The largest absolute Gasteiger partial charge is 0.396 e. The van der Waals surface area contributed by atoms with Crippen molar-refractivity contribution < 1.29 is 5.11 Å². The maximum absolute atomic E-state index is 8.58. The van der Waals surface area contributed by atoms with Gasteiger partial charge in [0, 0.05) is 6.61 Å². The predicted octanol–water partition coefficient (Wildman–Crippen LogP) is 2.36. The van der Waals surface area contributed by atoms with Crippen molar-refractivity contribution in [2.75, 3.05) is 6.61 Å². The van der Waals surface area contributed by atoms with Crippen molar-refractivity contribution in [2.45, 2.75) is 33.6 Å². The molecule has 0 aromatic carbocycles. The number of aliphatic hydroxyl groups excluding tert-OH is 1. The van der Waals surface area contributed by atoms with Crippen LogP contribution >= 0.6 is 0 Å². The smallest absolute Gasteiger partial charge is 0.0431 e.